The van der Waals surface area contributed by atoms with Gasteiger partial charge in [0.15, 0.2) is 0 Å². The first kappa shape index (κ1) is 16.1. The van der Waals surface area contributed by atoms with E-state index in [9.17, 15) is 0 Å². The van der Waals surface area contributed by atoms with Crippen molar-refractivity contribution < 1.29 is 9.47 Å². The summed E-state index contributed by atoms with van der Waals surface area (Å²) in [5, 5.41) is 3.48. The molecule has 1 N–H and O–H groups in total. The fraction of sp³-hybridized carbons (Fsp3) is 0.647. The first-order valence-electron chi connectivity index (χ1n) is 8.01. The monoisotopic (exact) mass is 292 g/mol. The van der Waals surface area contributed by atoms with Crippen molar-refractivity contribution in [2.24, 2.45) is 0 Å². The van der Waals surface area contributed by atoms with E-state index in [0.29, 0.717) is 12.6 Å². The summed E-state index contributed by atoms with van der Waals surface area (Å²) >= 11 is 0. The van der Waals surface area contributed by atoms with E-state index in [0.717, 1.165) is 24.6 Å². The van der Waals surface area contributed by atoms with Gasteiger partial charge in [-0.15, -0.1) is 0 Å². The quantitative estimate of drug-likeness (QED) is 0.747. The van der Waals surface area contributed by atoms with Crippen LogP contribution in [0.1, 0.15) is 26.2 Å². The van der Waals surface area contributed by atoms with Gasteiger partial charge in [0.1, 0.15) is 18.1 Å². The van der Waals surface area contributed by atoms with Crippen LogP contribution in [0, 0.1) is 0 Å². The van der Waals surface area contributed by atoms with Crippen LogP contribution in [0.5, 0.6) is 11.5 Å². The minimum absolute atomic E-state index is 0.617. The summed E-state index contributed by atoms with van der Waals surface area (Å²) in [5.74, 6) is 1.75. The molecule has 0 aromatic heterocycles. The van der Waals surface area contributed by atoms with Gasteiger partial charge in [0.25, 0.3) is 0 Å². The molecule has 1 heterocycles. The smallest absolute Gasteiger partial charge is 0.119 e. The Bertz CT molecular complexity index is 388. The Morgan fingerprint density at radius 3 is 2.43 bits per heavy atom. The van der Waals surface area contributed by atoms with Gasteiger partial charge in [-0.05, 0) is 57.1 Å². The van der Waals surface area contributed by atoms with Crippen LogP contribution in [0.3, 0.4) is 0 Å². The molecule has 1 saturated heterocycles. The van der Waals surface area contributed by atoms with E-state index < -0.39 is 0 Å². The van der Waals surface area contributed by atoms with E-state index in [1.807, 2.05) is 24.3 Å². The van der Waals surface area contributed by atoms with Crippen molar-refractivity contribution in [2.45, 2.75) is 32.2 Å². The Morgan fingerprint density at radius 1 is 1.10 bits per heavy atom. The zero-order chi connectivity index (χ0) is 14.9. The molecule has 1 fully saturated rings. The highest BCUT2D eigenvalue weighted by Gasteiger charge is 2.15. The molecule has 21 heavy (non-hydrogen) atoms. The molecule has 1 atom stereocenters. The summed E-state index contributed by atoms with van der Waals surface area (Å²) < 4.78 is 10.8. The third-order valence-corrected chi connectivity index (χ3v) is 4.06. The predicted molar refractivity (Wildman–Crippen MR) is 86.2 cm³/mol. The standard InChI is InChI=1S/C17H28N2O2/c1-15(19-11-4-3-5-12-19)14-18-10-13-21-17-8-6-16(20-2)7-9-17/h6-9,15,18H,3-5,10-14H2,1-2H3. The maximum absolute atomic E-state index is 5.70. The maximum atomic E-state index is 5.70. The van der Waals surface area contributed by atoms with Gasteiger partial charge in [0.05, 0.1) is 7.11 Å². The van der Waals surface area contributed by atoms with Crippen molar-refractivity contribution in [1.29, 1.82) is 0 Å². The first-order valence-corrected chi connectivity index (χ1v) is 8.01. The van der Waals surface area contributed by atoms with Crippen LogP contribution < -0.4 is 14.8 Å². The molecule has 1 aromatic rings. The Kier molecular flexibility index (Phi) is 6.83. The van der Waals surface area contributed by atoms with Crippen molar-refractivity contribution in [1.82, 2.24) is 10.2 Å². The highest BCUT2D eigenvalue weighted by molar-refractivity contribution is 5.31. The van der Waals surface area contributed by atoms with Gasteiger partial charge >= 0.3 is 0 Å². The van der Waals surface area contributed by atoms with E-state index in [1.54, 1.807) is 7.11 Å². The number of likely N-dealkylation sites (tertiary alicyclic amines) is 1. The number of nitrogens with one attached hydrogen (secondary N) is 1. The predicted octanol–water partition coefficient (Wildman–Crippen LogP) is 2.54. The van der Waals surface area contributed by atoms with Crippen molar-refractivity contribution in [3.8, 4) is 11.5 Å². The van der Waals surface area contributed by atoms with Crippen molar-refractivity contribution in [2.75, 3.05) is 39.9 Å². The molecule has 1 aliphatic heterocycles. The van der Waals surface area contributed by atoms with E-state index in [-0.39, 0.29) is 0 Å². The van der Waals surface area contributed by atoms with Gasteiger partial charge in [-0.2, -0.15) is 0 Å². The summed E-state index contributed by atoms with van der Waals surface area (Å²) in [6.45, 7) is 7.42. The van der Waals surface area contributed by atoms with Crippen molar-refractivity contribution >= 4 is 0 Å². The number of rotatable bonds is 8. The fourth-order valence-corrected chi connectivity index (χ4v) is 2.71. The van der Waals surface area contributed by atoms with Gasteiger partial charge in [0.2, 0.25) is 0 Å². The van der Waals surface area contributed by atoms with Crippen molar-refractivity contribution in [3.63, 3.8) is 0 Å². The third-order valence-electron chi connectivity index (χ3n) is 4.06. The molecule has 2 rings (SSSR count). The third kappa shape index (κ3) is 5.56. The van der Waals surface area contributed by atoms with E-state index in [2.05, 4.69) is 17.1 Å². The van der Waals surface area contributed by atoms with Gasteiger partial charge in [-0.25, -0.2) is 0 Å². The van der Waals surface area contributed by atoms with Crippen LogP contribution in [0.4, 0.5) is 0 Å². The molecular formula is C17H28N2O2. The molecule has 0 amide bonds. The number of methoxy groups -OCH3 is 1. The SMILES string of the molecule is COc1ccc(OCCNCC(C)N2CCCCC2)cc1. The maximum Gasteiger partial charge on any atom is 0.119 e. The number of benzene rings is 1. The van der Waals surface area contributed by atoms with Gasteiger partial charge in [-0.1, -0.05) is 6.42 Å². The second-order valence-corrected chi connectivity index (χ2v) is 5.67. The lowest BCUT2D eigenvalue weighted by Crippen LogP contribution is -2.43. The lowest BCUT2D eigenvalue weighted by atomic mass is 10.1. The molecule has 0 radical (unpaired) electrons. The first-order chi connectivity index (χ1) is 10.3. The minimum atomic E-state index is 0.617. The number of hydrogen-bond donors (Lipinski definition) is 1. The van der Waals surface area contributed by atoms with E-state index in [1.165, 1.54) is 32.4 Å². The molecule has 0 spiro atoms. The van der Waals surface area contributed by atoms with Gasteiger partial charge < -0.3 is 14.8 Å². The molecule has 4 nitrogen and oxygen atoms in total. The van der Waals surface area contributed by atoms with Crippen LogP contribution in [-0.4, -0.2) is 50.8 Å². The van der Waals surface area contributed by atoms with Crippen LogP contribution >= 0.6 is 0 Å². The molecular weight excluding hydrogens is 264 g/mol. The normalized spacial score (nSPS) is 17.4. The summed E-state index contributed by atoms with van der Waals surface area (Å²) in [6.07, 6.45) is 4.10. The molecule has 1 aromatic carbocycles. The Balaban J connectivity index is 1.56. The number of nitrogens with zero attached hydrogens (tertiary/aromatic N) is 1. The Hall–Kier alpha value is -1.26. The largest absolute Gasteiger partial charge is 0.497 e. The molecule has 118 valence electrons. The number of piperidine rings is 1. The second kappa shape index (κ2) is 8.90. The van der Waals surface area contributed by atoms with Crippen LogP contribution in [0.2, 0.25) is 0 Å². The molecule has 0 aliphatic carbocycles. The van der Waals surface area contributed by atoms with E-state index >= 15 is 0 Å². The zero-order valence-corrected chi connectivity index (χ0v) is 13.3. The minimum Gasteiger partial charge on any atom is -0.497 e. The summed E-state index contributed by atoms with van der Waals surface area (Å²) in [6, 6.07) is 8.33. The number of ether oxygens (including phenoxy) is 2. The lowest BCUT2D eigenvalue weighted by Gasteiger charge is -2.32. The summed E-state index contributed by atoms with van der Waals surface area (Å²) in [5.41, 5.74) is 0. The Labute approximate surface area is 128 Å². The molecule has 0 saturated carbocycles. The van der Waals surface area contributed by atoms with Crippen LogP contribution in [0.15, 0.2) is 24.3 Å². The lowest BCUT2D eigenvalue weighted by molar-refractivity contribution is 0.169. The summed E-state index contributed by atoms with van der Waals surface area (Å²) in [4.78, 5) is 2.58. The zero-order valence-electron chi connectivity index (χ0n) is 13.3. The Morgan fingerprint density at radius 2 is 1.76 bits per heavy atom. The van der Waals surface area contributed by atoms with Crippen molar-refractivity contribution in [3.05, 3.63) is 24.3 Å². The summed E-state index contributed by atoms with van der Waals surface area (Å²) in [7, 11) is 1.67. The second-order valence-electron chi connectivity index (χ2n) is 5.67. The molecule has 1 unspecified atom stereocenters. The molecule has 4 heteroatoms. The van der Waals surface area contributed by atoms with Gasteiger partial charge in [-0.3, -0.25) is 4.90 Å². The van der Waals surface area contributed by atoms with Gasteiger partial charge in [0, 0.05) is 19.1 Å². The van der Waals surface area contributed by atoms with Crippen LogP contribution in [-0.2, 0) is 0 Å². The average molecular weight is 292 g/mol. The van der Waals surface area contributed by atoms with Crippen LogP contribution in [0.25, 0.3) is 0 Å². The number of hydrogen-bond acceptors (Lipinski definition) is 4. The molecule has 1 aliphatic rings. The highest BCUT2D eigenvalue weighted by atomic mass is 16.5. The topological polar surface area (TPSA) is 33.7 Å². The average Bonchev–Trinajstić information content (AvgIpc) is 2.55. The molecule has 0 bridgehead atoms. The highest BCUT2D eigenvalue weighted by Crippen LogP contribution is 2.16. The van der Waals surface area contributed by atoms with E-state index in [4.69, 9.17) is 9.47 Å². The fourth-order valence-electron chi connectivity index (χ4n) is 2.71.